The second-order valence-electron chi connectivity index (χ2n) is 5.05. The summed E-state index contributed by atoms with van der Waals surface area (Å²) in [5.74, 6) is -0.559. The fourth-order valence-electron chi connectivity index (χ4n) is 1.56. The summed E-state index contributed by atoms with van der Waals surface area (Å²) < 4.78 is 5.14. The largest absolute Gasteiger partial charge is 0.496 e. The minimum atomic E-state index is -0.519. The lowest BCUT2D eigenvalue weighted by Crippen LogP contribution is -2.18. The van der Waals surface area contributed by atoms with Crippen LogP contribution in [-0.2, 0) is 10.2 Å². The van der Waals surface area contributed by atoms with Crippen LogP contribution in [0.3, 0.4) is 0 Å². The Hall–Kier alpha value is -1.16. The standard InChI is InChI=1S/C14H17BrO3/c1-14(2,3)9-5-6-12(18-4)10(7-9)13(17)11(16)8-15/h5-7H,8H2,1-4H3. The molecule has 0 spiro atoms. The number of halogens is 1. The molecule has 0 saturated carbocycles. The van der Waals surface area contributed by atoms with Crippen LogP contribution >= 0.6 is 15.9 Å². The van der Waals surface area contributed by atoms with Gasteiger partial charge in [-0.1, -0.05) is 42.8 Å². The highest BCUT2D eigenvalue weighted by Gasteiger charge is 2.22. The summed E-state index contributed by atoms with van der Waals surface area (Å²) in [6.45, 7) is 6.15. The van der Waals surface area contributed by atoms with Gasteiger partial charge in [0.05, 0.1) is 18.0 Å². The van der Waals surface area contributed by atoms with E-state index in [-0.39, 0.29) is 10.7 Å². The molecule has 0 fully saturated rings. The average Bonchev–Trinajstić information content (AvgIpc) is 2.35. The number of carbonyl (C=O) groups is 2. The Morgan fingerprint density at radius 3 is 2.33 bits per heavy atom. The van der Waals surface area contributed by atoms with E-state index in [1.807, 2.05) is 6.07 Å². The molecule has 1 rings (SSSR count). The first-order valence-corrected chi connectivity index (χ1v) is 6.75. The van der Waals surface area contributed by atoms with Crippen molar-refractivity contribution >= 4 is 27.5 Å². The molecule has 98 valence electrons. The highest BCUT2D eigenvalue weighted by Crippen LogP contribution is 2.28. The Balaban J connectivity index is 3.31. The first-order chi connectivity index (χ1) is 8.31. The monoisotopic (exact) mass is 312 g/mol. The van der Waals surface area contributed by atoms with Gasteiger partial charge in [0.25, 0.3) is 0 Å². The number of rotatable bonds is 4. The van der Waals surface area contributed by atoms with E-state index in [9.17, 15) is 9.59 Å². The quantitative estimate of drug-likeness (QED) is 0.487. The Bertz CT molecular complexity index is 472. The van der Waals surface area contributed by atoms with Crippen LogP contribution in [0.4, 0.5) is 0 Å². The van der Waals surface area contributed by atoms with E-state index in [1.54, 1.807) is 12.1 Å². The van der Waals surface area contributed by atoms with Gasteiger partial charge >= 0.3 is 0 Å². The highest BCUT2D eigenvalue weighted by atomic mass is 79.9. The van der Waals surface area contributed by atoms with Crippen molar-refractivity contribution in [3.8, 4) is 5.75 Å². The molecule has 0 radical (unpaired) electrons. The minimum Gasteiger partial charge on any atom is -0.496 e. The summed E-state index contributed by atoms with van der Waals surface area (Å²) >= 11 is 3.01. The van der Waals surface area contributed by atoms with Gasteiger partial charge in [0.2, 0.25) is 11.6 Å². The van der Waals surface area contributed by atoms with E-state index in [2.05, 4.69) is 36.7 Å². The number of ketones is 2. The van der Waals surface area contributed by atoms with Crippen LogP contribution in [0.1, 0.15) is 36.7 Å². The van der Waals surface area contributed by atoms with Crippen LogP contribution in [0.5, 0.6) is 5.75 Å². The number of benzene rings is 1. The number of hydrogen-bond acceptors (Lipinski definition) is 3. The molecule has 0 aliphatic rings. The van der Waals surface area contributed by atoms with Crippen LogP contribution in [0.2, 0.25) is 0 Å². The Morgan fingerprint density at radius 2 is 1.89 bits per heavy atom. The third-order valence-corrected chi connectivity index (χ3v) is 3.19. The maximum Gasteiger partial charge on any atom is 0.233 e. The smallest absolute Gasteiger partial charge is 0.233 e. The fourth-order valence-corrected chi connectivity index (χ4v) is 1.82. The summed E-state index contributed by atoms with van der Waals surface area (Å²) in [5.41, 5.74) is 1.24. The van der Waals surface area contributed by atoms with Gasteiger partial charge in [-0.15, -0.1) is 0 Å². The molecule has 0 aromatic heterocycles. The molecule has 0 bridgehead atoms. The summed E-state index contributed by atoms with van der Waals surface area (Å²) in [7, 11) is 1.49. The van der Waals surface area contributed by atoms with Crippen molar-refractivity contribution < 1.29 is 14.3 Å². The van der Waals surface area contributed by atoms with Crippen LogP contribution < -0.4 is 4.74 Å². The van der Waals surface area contributed by atoms with Crippen molar-refractivity contribution in [2.45, 2.75) is 26.2 Å². The molecule has 0 N–H and O–H groups in total. The van der Waals surface area contributed by atoms with E-state index < -0.39 is 11.6 Å². The lowest BCUT2D eigenvalue weighted by Gasteiger charge is -2.20. The van der Waals surface area contributed by atoms with Crippen molar-refractivity contribution in [2.24, 2.45) is 0 Å². The van der Waals surface area contributed by atoms with Gasteiger partial charge in [-0.3, -0.25) is 9.59 Å². The predicted octanol–water partition coefficient (Wildman–Crippen LogP) is 3.14. The molecule has 18 heavy (non-hydrogen) atoms. The summed E-state index contributed by atoms with van der Waals surface area (Å²) in [6, 6.07) is 5.38. The summed E-state index contributed by atoms with van der Waals surface area (Å²) in [4.78, 5) is 23.5. The second-order valence-corrected chi connectivity index (χ2v) is 5.61. The molecule has 0 saturated heterocycles. The third-order valence-electron chi connectivity index (χ3n) is 2.68. The maximum atomic E-state index is 12.0. The van der Waals surface area contributed by atoms with Gasteiger partial charge in [0.15, 0.2) is 0 Å². The molecule has 3 nitrogen and oxygen atoms in total. The molecule has 0 aliphatic heterocycles. The molecular formula is C14H17BrO3. The Labute approximate surface area is 116 Å². The first-order valence-electron chi connectivity index (χ1n) is 5.63. The number of carbonyl (C=O) groups excluding carboxylic acids is 2. The average molecular weight is 313 g/mol. The zero-order valence-corrected chi connectivity index (χ0v) is 12.6. The molecule has 1 aromatic rings. The molecule has 1 aromatic carbocycles. The van der Waals surface area contributed by atoms with Crippen LogP contribution in [0.25, 0.3) is 0 Å². The van der Waals surface area contributed by atoms with E-state index in [4.69, 9.17) is 4.74 Å². The van der Waals surface area contributed by atoms with E-state index >= 15 is 0 Å². The minimum absolute atomic E-state index is 0.0226. The van der Waals surface area contributed by atoms with Gasteiger partial charge in [-0.2, -0.15) is 0 Å². The van der Waals surface area contributed by atoms with E-state index in [1.165, 1.54) is 7.11 Å². The van der Waals surface area contributed by atoms with Crippen LogP contribution in [0.15, 0.2) is 18.2 Å². The molecule has 0 heterocycles. The summed E-state index contributed by atoms with van der Waals surface area (Å²) in [5, 5.41) is 0.0226. The predicted molar refractivity (Wildman–Crippen MR) is 74.8 cm³/mol. The van der Waals surface area contributed by atoms with Gasteiger partial charge < -0.3 is 4.74 Å². The molecule has 0 unspecified atom stereocenters. The second kappa shape index (κ2) is 5.65. The van der Waals surface area contributed by atoms with Crippen molar-refractivity contribution in [1.29, 1.82) is 0 Å². The summed E-state index contributed by atoms with van der Waals surface area (Å²) in [6.07, 6.45) is 0. The number of hydrogen-bond donors (Lipinski definition) is 0. The molecule has 0 atom stereocenters. The van der Waals surface area contributed by atoms with E-state index in [0.29, 0.717) is 11.3 Å². The van der Waals surface area contributed by atoms with Crippen molar-refractivity contribution in [1.82, 2.24) is 0 Å². The fraction of sp³-hybridized carbons (Fsp3) is 0.429. The SMILES string of the molecule is COc1ccc(C(C)(C)C)cc1C(=O)C(=O)CBr. The zero-order valence-electron chi connectivity index (χ0n) is 11.0. The van der Waals surface area contributed by atoms with Gasteiger partial charge in [-0.25, -0.2) is 0 Å². The van der Waals surface area contributed by atoms with Crippen molar-refractivity contribution in [3.63, 3.8) is 0 Å². The number of ether oxygens (including phenoxy) is 1. The Kier molecular flexibility index (Phi) is 4.68. The lowest BCUT2D eigenvalue weighted by atomic mass is 9.85. The maximum absolute atomic E-state index is 12.0. The van der Waals surface area contributed by atoms with Crippen molar-refractivity contribution in [2.75, 3.05) is 12.4 Å². The van der Waals surface area contributed by atoms with Gasteiger partial charge in [0.1, 0.15) is 5.75 Å². The highest BCUT2D eigenvalue weighted by molar-refractivity contribution is 9.09. The normalized spacial score (nSPS) is 11.2. The number of alkyl halides is 1. The lowest BCUT2D eigenvalue weighted by molar-refractivity contribution is -0.112. The van der Waals surface area contributed by atoms with Crippen LogP contribution in [0, 0.1) is 0 Å². The third kappa shape index (κ3) is 3.19. The van der Waals surface area contributed by atoms with Gasteiger partial charge in [0, 0.05) is 0 Å². The molecule has 0 aliphatic carbocycles. The Morgan fingerprint density at radius 1 is 1.28 bits per heavy atom. The van der Waals surface area contributed by atoms with E-state index in [0.717, 1.165) is 5.56 Å². The first kappa shape index (κ1) is 14.9. The topological polar surface area (TPSA) is 43.4 Å². The number of Topliss-reactive ketones (excluding diaryl/α,β-unsaturated/α-hetero) is 2. The number of methoxy groups -OCH3 is 1. The van der Waals surface area contributed by atoms with Gasteiger partial charge in [-0.05, 0) is 23.1 Å². The molecule has 0 amide bonds. The van der Waals surface area contributed by atoms with Crippen molar-refractivity contribution in [3.05, 3.63) is 29.3 Å². The zero-order chi connectivity index (χ0) is 13.9. The van der Waals surface area contributed by atoms with Crippen LogP contribution in [-0.4, -0.2) is 24.0 Å². The molecule has 4 heteroatoms. The molecular weight excluding hydrogens is 296 g/mol.